The van der Waals surface area contributed by atoms with Crippen molar-refractivity contribution < 1.29 is 38.1 Å². The van der Waals surface area contributed by atoms with Crippen LogP contribution in [0.2, 0.25) is 0 Å². The molecule has 2 saturated heterocycles. The molecule has 29 heavy (non-hydrogen) atoms. The summed E-state index contributed by atoms with van der Waals surface area (Å²) in [4.78, 5) is 49.4. The van der Waals surface area contributed by atoms with Crippen LogP contribution in [0.25, 0.3) is 0 Å². The Bertz CT molecular complexity index is 853. The summed E-state index contributed by atoms with van der Waals surface area (Å²) in [6.45, 7) is 13.3. The number of fused-ring (bicyclic) bond motifs is 3. The molecule has 156 valence electrons. The van der Waals surface area contributed by atoms with E-state index in [2.05, 4.69) is 13.2 Å². The Balaban J connectivity index is 2.17. The van der Waals surface area contributed by atoms with Gasteiger partial charge in [-0.05, 0) is 20.3 Å². The molecule has 3 aliphatic heterocycles. The average Bonchev–Trinajstić information content (AvgIpc) is 3.08. The van der Waals surface area contributed by atoms with Gasteiger partial charge in [0.2, 0.25) is 11.4 Å². The zero-order valence-corrected chi connectivity index (χ0v) is 16.9. The second kappa shape index (κ2) is 7.17. The lowest BCUT2D eigenvalue weighted by molar-refractivity contribution is -0.193. The van der Waals surface area contributed by atoms with Crippen LogP contribution in [0.15, 0.2) is 36.1 Å². The number of ether oxygens (including phenoxy) is 4. The normalized spacial score (nSPS) is 35.9. The predicted molar refractivity (Wildman–Crippen MR) is 99.1 cm³/mol. The minimum absolute atomic E-state index is 0.0849. The van der Waals surface area contributed by atoms with E-state index < -0.39 is 53.5 Å². The van der Waals surface area contributed by atoms with Gasteiger partial charge in [-0.2, -0.15) is 0 Å². The summed E-state index contributed by atoms with van der Waals surface area (Å²) < 4.78 is 22.5. The van der Waals surface area contributed by atoms with E-state index >= 15 is 0 Å². The predicted octanol–water partition coefficient (Wildman–Crippen LogP) is 1.79. The van der Waals surface area contributed by atoms with Gasteiger partial charge in [0.1, 0.15) is 11.9 Å². The smallest absolute Gasteiger partial charge is 0.334 e. The molecule has 0 aromatic rings. The Labute approximate surface area is 168 Å². The maximum atomic E-state index is 12.9. The molecule has 0 unspecified atom stereocenters. The Hall–Kier alpha value is -2.90. The Kier molecular flexibility index (Phi) is 5.15. The summed E-state index contributed by atoms with van der Waals surface area (Å²) in [6.07, 6.45) is -1.58. The molecule has 0 aliphatic carbocycles. The molecule has 3 aliphatic rings. The fourth-order valence-electron chi connectivity index (χ4n) is 3.97. The molecule has 3 heterocycles. The van der Waals surface area contributed by atoms with Gasteiger partial charge in [0, 0.05) is 30.1 Å². The first-order valence-corrected chi connectivity index (χ1v) is 9.34. The van der Waals surface area contributed by atoms with E-state index in [4.69, 9.17) is 18.9 Å². The molecule has 2 fully saturated rings. The van der Waals surface area contributed by atoms with E-state index in [-0.39, 0.29) is 17.1 Å². The molecule has 8 nitrogen and oxygen atoms in total. The summed E-state index contributed by atoms with van der Waals surface area (Å²) in [6, 6.07) is 0. The molecular weight excluding hydrogens is 380 g/mol. The monoisotopic (exact) mass is 404 g/mol. The van der Waals surface area contributed by atoms with Gasteiger partial charge in [0.15, 0.2) is 12.2 Å². The minimum atomic E-state index is -1.63. The molecule has 0 aromatic carbocycles. The van der Waals surface area contributed by atoms with Crippen LogP contribution < -0.4 is 0 Å². The zero-order valence-electron chi connectivity index (χ0n) is 16.9. The number of carbonyl (C=O) groups is 4. The molecule has 6 atom stereocenters. The van der Waals surface area contributed by atoms with Gasteiger partial charge in [-0.25, -0.2) is 9.59 Å². The number of hydrogen-bond donors (Lipinski definition) is 0. The number of allylic oxidation sites excluding steroid dienone is 1. The van der Waals surface area contributed by atoms with Crippen molar-refractivity contribution in [2.45, 2.75) is 58.0 Å². The van der Waals surface area contributed by atoms with Gasteiger partial charge in [0.05, 0.1) is 5.92 Å². The standard InChI is InChI=1S/C21H24O8/c1-9(2)19(24)28-17-16-11(4)20(25)27-14(16)7-10(3)13-8-15(23)21(6,29-13)18(17)26-12(5)22/h8,10,14,16-18H,1,4,7H2,2-3,5-6H3/t10-,14-,16+,17+,18-,21+/m1/s1. The molecule has 8 heteroatoms. The first kappa shape index (κ1) is 20.8. The third-order valence-corrected chi connectivity index (χ3v) is 5.57. The molecule has 0 N–H and O–H groups in total. The van der Waals surface area contributed by atoms with Crippen molar-refractivity contribution in [2.24, 2.45) is 11.8 Å². The van der Waals surface area contributed by atoms with Gasteiger partial charge in [-0.15, -0.1) is 0 Å². The fraction of sp³-hybridized carbons (Fsp3) is 0.524. The van der Waals surface area contributed by atoms with Crippen LogP contribution in [-0.4, -0.2) is 47.6 Å². The molecule has 3 rings (SSSR count). The van der Waals surface area contributed by atoms with E-state index in [1.807, 2.05) is 6.92 Å². The van der Waals surface area contributed by atoms with Crippen LogP contribution >= 0.6 is 0 Å². The summed E-state index contributed by atoms with van der Waals surface area (Å²) in [7, 11) is 0. The Morgan fingerprint density at radius 1 is 1.24 bits per heavy atom. The second-order valence-electron chi connectivity index (χ2n) is 7.93. The average molecular weight is 404 g/mol. The van der Waals surface area contributed by atoms with Gasteiger partial charge in [-0.1, -0.05) is 20.1 Å². The van der Waals surface area contributed by atoms with Gasteiger partial charge >= 0.3 is 17.9 Å². The van der Waals surface area contributed by atoms with Crippen molar-refractivity contribution in [1.82, 2.24) is 0 Å². The van der Waals surface area contributed by atoms with Crippen molar-refractivity contribution >= 4 is 23.7 Å². The molecule has 2 bridgehead atoms. The quantitative estimate of drug-likeness (QED) is 0.398. The molecule has 0 aromatic heterocycles. The number of hydrogen-bond acceptors (Lipinski definition) is 8. The molecular formula is C21H24O8. The number of ketones is 1. The van der Waals surface area contributed by atoms with Crippen LogP contribution in [0, 0.1) is 11.8 Å². The van der Waals surface area contributed by atoms with Crippen LogP contribution in [0.1, 0.15) is 34.1 Å². The maximum absolute atomic E-state index is 12.9. The van der Waals surface area contributed by atoms with E-state index in [0.29, 0.717) is 12.2 Å². The summed E-state index contributed by atoms with van der Waals surface area (Å²) in [5.41, 5.74) is -1.44. The fourth-order valence-corrected chi connectivity index (χ4v) is 3.97. The second-order valence-corrected chi connectivity index (χ2v) is 7.93. The van der Waals surface area contributed by atoms with Crippen molar-refractivity contribution in [1.29, 1.82) is 0 Å². The lowest BCUT2D eigenvalue weighted by atomic mass is 9.78. The largest absolute Gasteiger partial charge is 0.479 e. The zero-order chi connectivity index (χ0) is 21.7. The van der Waals surface area contributed by atoms with Crippen LogP contribution in [0.4, 0.5) is 0 Å². The molecule has 0 amide bonds. The highest BCUT2D eigenvalue weighted by atomic mass is 16.6. The van der Waals surface area contributed by atoms with Gasteiger partial charge in [0.25, 0.3) is 0 Å². The van der Waals surface area contributed by atoms with Crippen LogP contribution in [-0.2, 0) is 38.1 Å². The number of carbonyl (C=O) groups excluding carboxylic acids is 4. The Morgan fingerprint density at radius 3 is 2.48 bits per heavy atom. The van der Waals surface area contributed by atoms with Crippen LogP contribution in [0.5, 0.6) is 0 Å². The highest BCUT2D eigenvalue weighted by molar-refractivity contribution is 6.00. The highest BCUT2D eigenvalue weighted by Crippen LogP contribution is 2.45. The maximum Gasteiger partial charge on any atom is 0.334 e. The van der Waals surface area contributed by atoms with Crippen molar-refractivity contribution in [2.75, 3.05) is 0 Å². The highest BCUT2D eigenvalue weighted by Gasteiger charge is 2.60. The lowest BCUT2D eigenvalue weighted by Gasteiger charge is -2.38. The van der Waals surface area contributed by atoms with E-state index in [1.165, 1.54) is 26.8 Å². The van der Waals surface area contributed by atoms with E-state index in [9.17, 15) is 19.2 Å². The molecule has 0 spiro atoms. The number of rotatable bonds is 3. The van der Waals surface area contributed by atoms with E-state index in [1.54, 1.807) is 0 Å². The SMILES string of the molecule is C=C(C)C(=O)O[C@H]1[C@H]2C(=C)C(=O)O[C@@H]2C[C@@H](C)C2=CC(=O)[C@](C)(O2)[C@@H]1OC(C)=O. The van der Waals surface area contributed by atoms with Gasteiger partial charge < -0.3 is 18.9 Å². The Morgan fingerprint density at radius 2 is 1.90 bits per heavy atom. The minimum Gasteiger partial charge on any atom is -0.479 e. The molecule has 0 saturated carbocycles. The first-order valence-electron chi connectivity index (χ1n) is 9.34. The van der Waals surface area contributed by atoms with Crippen molar-refractivity contribution in [3.63, 3.8) is 0 Å². The van der Waals surface area contributed by atoms with Gasteiger partial charge in [-0.3, -0.25) is 9.59 Å². The van der Waals surface area contributed by atoms with Crippen molar-refractivity contribution in [3.05, 3.63) is 36.1 Å². The molecule has 0 radical (unpaired) electrons. The topological polar surface area (TPSA) is 105 Å². The first-order chi connectivity index (χ1) is 13.5. The summed E-state index contributed by atoms with van der Waals surface area (Å²) in [5, 5.41) is 0. The summed E-state index contributed by atoms with van der Waals surface area (Å²) in [5.74, 6) is -3.18. The number of esters is 3. The third-order valence-electron chi connectivity index (χ3n) is 5.57. The third kappa shape index (κ3) is 3.47. The van der Waals surface area contributed by atoms with E-state index in [0.717, 1.165) is 0 Å². The lowest BCUT2D eigenvalue weighted by Crippen LogP contribution is -2.57. The summed E-state index contributed by atoms with van der Waals surface area (Å²) >= 11 is 0. The van der Waals surface area contributed by atoms with Crippen LogP contribution in [0.3, 0.4) is 0 Å². The van der Waals surface area contributed by atoms with Crippen molar-refractivity contribution in [3.8, 4) is 0 Å².